The molecule has 0 bridgehead atoms. The van der Waals surface area contributed by atoms with Gasteiger partial charge >= 0.3 is 0 Å². The van der Waals surface area contributed by atoms with Crippen molar-refractivity contribution in [2.45, 2.75) is 83.8 Å². The van der Waals surface area contributed by atoms with E-state index in [0.29, 0.717) is 28.4 Å². The standard InChI is InChI=1S/C30H42ClN3O5S/c1-5-27(30(36)32-24-11-7-6-8-12-24)33(21-23-16-18-25(39-3)19-17-23)29(35)15-10-20-34(40(4,37)38)28-14-9-13-26(31)22(28)2/h9,13-14,16-19,24,27H,5-8,10-12,15,20-21H2,1-4H3,(H,32,36). The van der Waals surface area contributed by atoms with Crippen LogP contribution >= 0.6 is 11.6 Å². The fraction of sp³-hybridized carbons (Fsp3) is 0.533. The number of rotatable bonds is 13. The molecule has 1 atom stereocenters. The first-order valence-electron chi connectivity index (χ1n) is 14.0. The monoisotopic (exact) mass is 591 g/mol. The van der Waals surface area contributed by atoms with Gasteiger partial charge in [0.15, 0.2) is 0 Å². The lowest BCUT2D eigenvalue weighted by molar-refractivity contribution is -0.141. The topological polar surface area (TPSA) is 96.0 Å². The van der Waals surface area contributed by atoms with Crippen LogP contribution in [-0.2, 0) is 26.2 Å². The minimum atomic E-state index is -3.61. The van der Waals surface area contributed by atoms with Crippen LogP contribution in [0.2, 0.25) is 5.02 Å². The first-order chi connectivity index (χ1) is 19.0. The average molecular weight is 592 g/mol. The molecule has 0 saturated heterocycles. The highest BCUT2D eigenvalue weighted by Gasteiger charge is 2.30. The predicted octanol–water partition coefficient (Wildman–Crippen LogP) is 5.46. The van der Waals surface area contributed by atoms with Gasteiger partial charge in [0.1, 0.15) is 11.8 Å². The Morgan fingerprint density at radius 2 is 1.77 bits per heavy atom. The second kappa shape index (κ2) is 14.7. The highest BCUT2D eigenvalue weighted by Crippen LogP contribution is 2.29. The van der Waals surface area contributed by atoms with Crippen LogP contribution in [0.3, 0.4) is 0 Å². The van der Waals surface area contributed by atoms with Gasteiger partial charge in [-0.15, -0.1) is 0 Å². The fourth-order valence-electron chi connectivity index (χ4n) is 5.24. The molecule has 3 rings (SSSR count). The van der Waals surface area contributed by atoms with Crippen LogP contribution in [0.4, 0.5) is 5.69 Å². The van der Waals surface area contributed by atoms with E-state index < -0.39 is 16.1 Å². The lowest BCUT2D eigenvalue weighted by atomic mass is 9.95. The van der Waals surface area contributed by atoms with Crippen LogP contribution in [0.5, 0.6) is 5.75 Å². The van der Waals surface area contributed by atoms with E-state index in [1.807, 2.05) is 31.2 Å². The van der Waals surface area contributed by atoms with E-state index in [0.717, 1.165) is 37.5 Å². The van der Waals surface area contributed by atoms with Gasteiger partial charge in [-0.05, 0) is 68.0 Å². The molecule has 8 nitrogen and oxygen atoms in total. The number of methoxy groups -OCH3 is 1. The molecule has 0 aliphatic heterocycles. The van der Waals surface area contributed by atoms with Crippen molar-refractivity contribution >= 4 is 39.1 Å². The van der Waals surface area contributed by atoms with Crippen molar-refractivity contribution < 1.29 is 22.7 Å². The number of nitrogens with zero attached hydrogens (tertiary/aromatic N) is 2. The number of hydrogen-bond donors (Lipinski definition) is 1. The molecule has 1 aliphatic rings. The maximum absolute atomic E-state index is 13.7. The zero-order chi connectivity index (χ0) is 29.3. The second-order valence-electron chi connectivity index (χ2n) is 10.5. The molecule has 1 fully saturated rings. The van der Waals surface area contributed by atoms with Gasteiger partial charge in [-0.3, -0.25) is 13.9 Å². The van der Waals surface area contributed by atoms with Crippen LogP contribution in [0, 0.1) is 6.92 Å². The zero-order valence-electron chi connectivity index (χ0n) is 24.0. The molecule has 1 aliphatic carbocycles. The van der Waals surface area contributed by atoms with Crippen LogP contribution in [-0.4, -0.2) is 57.1 Å². The summed E-state index contributed by atoms with van der Waals surface area (Å²) in [4.78, 5) is 28.7. The summed E-state index contributed by atoms with van der Waals surface area (Å²) >= 11 is 6.25. The quantitative estimate of drug-likeness (QED) is 0.334. The van der Waals surface area contributed by atoms with E-state index in [4.69, 9.17) is 16.3 Å². The Morgan fingerprint density at radius 3 is 2.38 bits per heavy atom. The average Bonchev–Trinajstić information content (AvgIpc) is 2.93. The molecule has 0 radical (unpaired) electrons. The van der Waals surface area contributed by atoms with Gasteiger partial charge in [-0.2, -0.15) is 0 Å². The van der Waals surface area contributed by atoms with Crippen LogP contribution < -0.4 is 14.4 Å². The summed E-state index contributed by atoms with van der Waals surface area (Å²) in [6, 6.07) is 12.1. The highest BCUT2D eigenvalue weighted by atomic mass is 35.5. The minimum absolute atomic E-state index is 0.0923. The molecule has 1 saturated carbocycles. The number of anilines is 1. The summed E-state index contributed by atoms with van der Waals surface area (Å²) < 4.78 is 31.9. The molecule has 40 heavy (non-hydrogen) atoms. The number of amides is 2. The van der Waals surface area contributed by atoms with Crippen molar-refractivity contribution in [3.05, 3.63) is 58.6 Å². The normalized spacial score (nSPS) is 14.8. The summed E-state index contributed by atoms with van der Waals surface area (Å²) in [5.41, 5.74) is 2.04. The Bertz CT molecular complexity index is 1250. The number of carbonyl (C=O) groups is 2. The number of benzene rings is 2. The summed E-state index contributed by atoms with van der Waals surface area (Å²) in [7, 11) is -2.01. The third kappa shape index (κ3) is 8.61. The fourth-order valence-corrected chi connectivity index (χ4v) is 6.43. The van der Waals surface area contributed by atoms with Gasteiger partial charge < -0.3 is 15.0 Å². The van der Waals surface area contributed by atoms with Gasteiger partial charge in [0.25, 0.3) is 0 Å². The molecule has 220 valence electrons. The summed E-state index contributed by atoms with van der Waals surface area (Å²) in [5, 5.41) is 3.66. The van der Waals surface area contributed by atoms with Crippen LogP contribution in [0.25, 0.3) is 0 Å². The van der Waals surface area contributed by atoms with Gasteiger partial charge in [-0.1, -0.05) is 56.0 Å². The van der Waals surface area contributed by atoms with E-state index >= 15 is 0 Å². The highest BCUT2D eigenvalue weighted by molar-refractivity contribution is 7.92. The minimum Gasteiger partial charge on any atom is -0.497 e. The molecule has 0 heterocycles. The summed E-state index contributed by atoms with van der Waals surface area (Å²) in [6.45, 7) is 4.07. The Kier molecular flexibility index (Phi) is 11.7. The summed E-state index contributed by atoms with van der Waals surface area (Å²) in [6.07, 6.45) is 7.29. The van der Waals surface area contributed by atoms with E-state index in [1.165, 1.54) is 10.7 Å². The summed E-state index contributed by atoms with van der Waals surface area (Å²) in [5.74, 6) is 0.377. The smallest absolute Gasteiger partial charge is 0.243 e. The molecule has 0 aromatic heterocycles. The van der Waals surface area contributed by atoms with Gasteiger partial charge in [0.05, 0.1) is 19.1 Å². The Balaban J connectivity index is 1.78. The van der Waals surface area contributed by atoms with Crippen LogP contribution in [0.1, 0.15) is 69.4 Å². The predicted molar refractivity (Wildman–Crippen MR) is 160 cm³/mol. The molecule has 1 N–H and O–H groups in total. The number of nitrogens with one attached hydrogen (secondary N) is 1. The third-order valence-electron chi connectivity index (χ3n) is 7.51. The van der Waals surface area contributed by atoms with Gasteiger partial charge in [-0.25, -0.2) is 8.42 Å². The van der Waals surface area contributed by atoms with Crippen molar-refractivity contribution in [1.29, 1.82) is 0 Å². The molecule has 2 aromatic carbocycles. The van der Waals surface area contributed by atoms with Gasteiger partial charge in [0, 0.05) is 30.6 Å². The third-order valence-corrected chi connectivity index (χ3v) is 9.10. The first kappa shape index (κ1) is 31.7. The molecule has 0 spiro atoms. The van der Waals surface area contributed by atoms with Crippen molar-refractivity contribution in [2.24, 2.45) is 0 Å². The lowest BCUT2D eigenvalue weighted by Crippen LogP contribution is -2.51. The Hall–Kier alpha value is -2.78. The number of ether oxygens (including phenoxy) is 1. The van der Waals surface area contributed by atoms with E-state index in [9.17, 15) is 18.0 Å². The van der Waals surface area contributed by atoms with E-state index in [2.05, 4.69) is 5.32 Å². The van der Waals surface area contributed by atoms with Crippen molar-refractivity contribution in [3.63, 3.8) is 0 Å². The molecule has 2 aromatic rings. The molecular weight excluding hydrogens is 550 g/mol. The molecule has 10 heteroatoms. The van der Waals surface area contributed by atoms with Crippen molar-refractivity contribution in [2.75, 3.05) is 24.2 Å². The zero-order valence-corrected chi connectivity index (χ0v) is 25.6. The van der Waals surface area contributed by atoms with Gasteiger partial charge in [0.2, 0.25) is 21.8 Å². The first-order valence-corrected chi connectivity index (χ1v) is 16.2. The molecule has 1 unspecified atom stereocenters. The van der Waals surface area contributed by atoms with E-state index in [-0.39, 0.29) is 43.8 Å². The lowest BCUT2D eigenvalue weighted by Gasteiger charge is -2.33. The maximum atomic E-state index is 13.7. The number of halogens is 1. The van der Waals surface area contributed by atoms with Crippen molar-refractivity contribution in [1.82, 2.24) is 10.2 Å². The number of hydrogen-bond acceptors (Lipinski definition) is 5. The molecule has 2 amide bonds. The SMILES string of the molecule is CCC(C(=O)NC1CCCCC1)N(Cc1ccc(OC)cc1)C(=O)CCCN(c1cccc(Cl)c1C)S(C)(=O)=O. The Labute approximate surface area is 244 Å². The van der Waals surface area contributed by atoms with Crippen LogP contribution in [0.15, 0.2) is 42.5 Å². The number of carbonyl (C=O) groups excluding carboxylic acids is 2. The number of sulfonamides is 1. The maximum Gasteiger partial charge on any atom is 0.243 e. The second-order valence-corrected chi connectivity index (χ2v) is 12.8. The largest absolute Gasteiger partial charge is 0.497 e. The van der Waals surface area contributed by atoms with E-state index in [1.54, 1.807) is 37.1 Å². The van der Waals surface area contributed by atoms with Crippen molar-refractivity contribution in [3.8, 4) is 5.75 Å². The Morgan fingerprint density at radius 1 is 1.10 bits per heavy atom. The molecular formula is C30H42ClN3O5S.